The Kier molecular flexibility index (Phi) is 4.13. The van der Waals surface area contributed by atoms with E-state index in [1.54, 1.807) is 6.20 Å². The van der Waals surface area contributed by atoms with Crippen LogP contribution in [-0.4, -0.2) is 21.0 Å². The van der Waals surface area contributed by atoms with Gasteiger partial charge in [-0.2, -0.15) is 0 Å². The molecule has 1 aromatic heterocycles. The third kappa shape index (κ3) is 3.33. The fraction of sp³-hybridized carbons (Fsp3) is 0.143. The summed E-state index contributed by atoms with van der Waals surface area (Å²) < 4.78 is 0. The normalized spacial score (nSPS) is 10.1. The Hall–Kier alpha value is -2.96. The van der Waals surface area contributed by atoms with Crippen molar-refractivity contribution in [1.82, 2.24) is 4.98 Å². The molecule has 0 bridgehead atoms. The molecule has 0 unspecified atom stereocenters. The Morgan fingerprint density at radius 3 is 2.71 bits per heavy atom. The van der Waals surface area contributed by atoms with Gasteiger partial charge < -0.3 is 10.4 Å². The molecule has 0 saturated carbocycles. The third-order valence-electron chi connectivity index (χ3n) is 2.90. The number of nitro groups is 1. The Bertz CT molecular complexity index is 683. The number of nitrogens with zero attached hydrogens (tertiary/aromatic N) is 2. The number of nitrogens with one attached hydrogen (secondary N) is 1. The molecule has 0 radical (unpaired) electrons. The first-order chi connectivity index (χ1) is 9.99. The molecule has 2 aromatic rings. The Morgan fingerprint density at radius 2 is 2.14 bits per heavy atom. The first-order valence-corrected chi connectivity index (χ1v) is 6.15. The highest BCUT2D eigenvalue weighted by Crippen LogP contribution is 2.29. The van der Waals surface area contributed by atoms with Crippen LogP contribution >= 0.6 is 0 Å². The molecule has 0 fully saturated rings. The molecular weight excluding hydrogens is 274 g/mol. The van der Waals surface area contributed by atoms with E-state index < -0.39 is 16.6 Å². The van der Waals surface area contributed by atoms with Gasteiger partial charge in [-0.1, -0.05) is 12.1 Å². The molecule has 21 heavy (non-hydrogen) atoms. The van der Waals surface area contributed by atoms with E-state index in [4.69, 9.17) is 5.11 Å². The molecule has 1 heterocycles. The molecule has 1 aromatic carbocycles. The van der Waals surface area contributed by atoms with Crippen LogP contribution in [0, 0.1) is 17.0 Å². The van der Waals surface area contributed by atoms with Crippen molar-refractivity contribution in [2.45, 2.75) is 13.5 Å². The van der Waals surface area contributed by atoms with E-state index in [-0.39, 0.29) is 11.3 Å². The Morgan fingerprint density at radius 1 is 1.38 bits per heavy atom. The lowest BCUT2D eigenvalue weighted by molar-refractivity contribution is -0.384. The number of carboxylic acids is 1. The molecular formula is C14H13N3O4. The minimum absolute atomic E-state index is 0.167. The highest BCUT2D eigenvalue weighted by molar-refractivity contribution is 5.95. The van der Waals surface area contributed by atoms with Crippen LogP contribution in [0.25, 0.3) is 0 Å². The van der Waals surface area contributed by atoms with Crippen LogP contribution in [0.4, 0.5) is 11.4 Å². The van der Waals surface area contributed by atoms with Gasteiger partial charge in [0.15, 0.2) is 0 Å². The summed E-state index contributed by atoms with van der Waals surface area (Å²) in [5.74, 6) is -1.33. The molecule has 7 nitrogen and oxygen atoms in total. The number of nitro benzene ring substituents is 1. The van der Waals surface area contributed by atoms with E-state index in [9.17, 15) is 14.9 Å². The average molecular weight is 287 g/mol. The molecule has 0 amide bonds. The lowest BCUT2D eigenvalue weighted by Crippen LogP contribution is -2.08. The van der Waals surface area contributed by atoms with Crippen LogP contribution in [0.3, 0.4) is 0 Å². The maximum atomic E-state index is 11.1. The zero-order valence-corrected chi connectivity index (χ0v) is 11.2. The number of aromatic carboxylic acids is 1. The van der Waals surface area contributed by atoms with E-state index in [0.29, 0.717) is 6.54 Å². The first-order valence-electron chi connectivity index (χ1n) is 6.15. The van der Waals surface area contributed by atoms with Crippen molar-refractivity contribution in [2.24, 2.45) is 0 Å². The second-order valence-electron chi connectivity index (χ2n) is 4.43. The van der Waals surface area contributed by atoms with Crippen molar-refractivity contribution in [3.05, 3.63) is 63.5 Å². The number of pyridine rings is 1. The summed E-state index contributed by atoms with van der Waals surface area (Å²) in [5, 5.41) is 23.0. The van der Waals surface area contributed by atoms with Gasteiger partial charge in [-0.25, -0.2) is 4.79 Å². The van der Waals surface area contributed by atoms with Crippen molar-refractivity contribution < 1.29 is 14.8 Å². The fourth-order valence-corrected chi connectivity index (χ4v) is 1.86. The van der Waals surface area contributed by atoms with E-state index in [1.165, 1.54) is 18.2 Å². The fourth-order valence-electron chi connectivity index (χ4n) is 1.86. The maximum Gasteiger partial charge on any atom is 0.342 e. The first kappa shape index (κ1) is 14.4. The molecule has 0 aliphatic rings. The van der Waals surface area contributed by atoms with E-state index in [0.717, 1.165) is 11.3 Å². The van der Waals surface area contributed by atoms with Gasteiger partial charge in [0.05, 0.1) is 4.92 Å². The van der Waals surface area contributed by atoms with Gasteiger partial charge in [0.2, 0.25) is 0 Å². The molecule has 2 N–H and O–H groups in total. The number of aryl methyl sites for hydroxylation is 1. The zero-order valence-electron chi connectivity index (χ0n) is 11.2. The van der Waals surface area contributed by atoms with Crippen LogP contribution < -0.4 is 5.32 Å². The largest absolute Gasteiger partial charge is 0.477 e. The van der Waals surface area contributed by atoms with Crippen LogP contribution in [0.5, 0.6) is 0 Å². The summed E-state index contributed by atoms with van der Waals surface area (Å²) in [6.07, 6.45) is 1.66. The third-order valence-corrected chi connectivity index (χ3v) is 2.90. The van der Waals surface area contributed by atoms with Crippen molar-refractivity contribution in [3.8, 4) is 0 Å². The summed E-state index contributed by atoms with van der Waals surface area (Å²) in [6.45, 7) is 2.18. The van der Waals surface area contributed by atoms with Crippen molar-refractivity contribution in [3.63, 3.8) is 0 Å². The van der Waals surface area contributed by atoms with Gasteiger partial charge >= 0.3 is 11.7 Å². The molecule has 108 valence electrons. The standard InChI is InChI=1S/C14H13N3O4/c1-9-5-6-10(7-15-9)8-16-12-4-2-3-11(14(18)19)13(12)17(20)21/h2-7,16H,8H2,1H3,(H,18,19). The molecule has 7 heteroatoms. The average Bonchev–Trinajstić information content (AvgIpc) is 2.46. The molecule has 0 aliphatic carbocycles. The molecule has 0 aliphatic heterocycles. The van der Waals surface area contributed by atoms with Crippen molar-refractivity contribution in [2.75, 3.05) is 5.32 Å². The van der Waals surface area contributed by atoms with Gasteiger partial charge in [-0.3, -0.25) is 15.1 Å². The van der Waals surface area contributed by atoms with Gasteiger partial charge in [-0.15, -0.1) is 0 Å². The topological polar surface area (TPSA) is 105 Å². The quantitative estimate of drug-likeness (QED) is 0.646. The van der Waals surface area contributed by atoms with Crippen molar-refractivity contribution >= 4 is 17.3 Å². The summed E-state index contributed by atoms with van der Waals surface area (Å²) in [6, 6.07) is 7.83. The van der Waals surface area contributed by atoms with Gasteiger partial charge in [0.1, 0.15) is 11.3 Å². The minimum atomic E-state index is -1.33. The Balaban J connectivity index is 2.27. The maximum absolute atomic E-state index is 11.1. The van der Waals surface area contributed by atoms with Gasteiger partial charge in [0, 0.05) is 18.4 Å². The summed E-state index contributed by atoms with van der Waals surface area (Å²) in [7, 11) is 0. The van der Waals surface area contributed by atoms with Crippen LogP contribution in [0.1, 0.15) is 21.6 Å². The monoisotopic (exact) mass is 287 g/mol. The zero-order chi connectivity index (χ0) is 15.4. The number of hydrogen-bond donors (Lipinski definition) is 2. The minimum Gasteiger partial charge on any atom is -0.477 e. The number of carboxylic acid groups (broad SMARTS) is 1. The molecule has 0 saturated heterocycles. The smallest absolute Gasteiger partial charge is 0.342 e. The number of para-hydroxylation sites is 1. The van der Waals surface area contributed by atoms with Crippen molar-refractivity contribution in [1.29, 1.82) is 0 Å². The second-order valence-corrected chi connectivity index (χ2v) is 4.43. The van der Waals surface area contributed by atoms with Crippen LogP contribution in [0.15, 0.2) is 36.5 Å². The predicted octanol–water partition coefficient (Wildman–Crippen LogP) is 2.61. The predicted molar refractivity (Wildman–Crippen MR) is 76.4 cm³/mol. The number of anilines is 1. The SMILES string of the molecule is Cc1ccc(CNc2cccc(C(=O)O)c2[N+](=O)[O-])cn1. The lowest BCUT2D eigenvalue weighted by atomic mass is 10.1. The highest BCUT2D eigenvalue weighted by Gasteiger charge is 2.23. The van der Waals surface area contributed by atoms with Gasteiger partial charge in [-0.05, 0) is 30.7 Å². The number of carbonyl (C=O) groups is 1. The summed E-state index contributed by atoms with van der Waals surface area (Å²) in [5.41, 5.74) is 1.10. The lowest BCUT2D eigenvalue weighted by Gasteiger charge is -2.08. The van der Waals surface area contributed by atoms with Crippen LogP contribution in [0.2, 0.25) is 0 Å². The Labute approximate surface area is 120 Å². The number of rotatable bonds is 5. The second kappa shape index (κ2) is 6.00. The highest BCUT2D eigenvalue weighted by atomic mass is 16.6. The molecule has 0 atom stereocenters. The number of aromatic nitrogens is 1. The number of hydrogen-bond acceptors (Lipinski definition) is 5. The van der Waals surface area contributed by atoms with E-state index >= 15 is 0 Å². The van der Waals surface area contributed by atoms with Gasteiger partial charge in [0.25, 0.3) is 0 Å². The summed E-state index contributed by atoms with van der Waals surface area (Å²) >= 11 is 0. The van der Waals surface area contributed by atoms with E-state index in [1.807, 2.05) is 19.1 Å². The molecule has 0 spiro atoms. The van der Waals surface area contributed by atoms with E-state index in [2.05, 4.69) is 10.3 Å². The number of benzene rings is 1. The van der Waals surface area contributed by atoms with Crippen LogP contribution in [-0.2, 0) is 6.54 Å². The summed E-state index contributed by atoms with van der Waals surface area (Å²) in [4.78, 5) is 25.6. The molecule has 2 rings (SSSR count).